The van der Waals surface area contributed by atoms with Gasteiger partial charge in [-0.25, -0.2) is 4.79 Å². The first-order valence-electron chi connectivity index (χ1n) is 15.6. The van der Waals surface area contributed by atoms with Crippen molar-refractivity contribution in [1.29, 1.82) is 0 Å². The summed E-state index contributed by atoms with van der Waals surface area (Å²) in [7, 11) is 4.09. The molecule has 0 aliphatic heterocycles. The Hall–Kier alpha value is -3.86. The molecular formula is C37H44N2O3. The van der Waals surface area contributed by atoms with Crippen molar-refractivity contribution >= 4 is 29.3 Å². The van der Waals surface area contributed by atoms with Gasteiger partial charge in [0.25, 0.3) is 0 Å². The van der Waals surface area contributed by atoms with Crippen molar-refractivity contribution in [1.82, 2.24) is 0 Å². The second kappa shape index (κ2) is 14.4. The van der Waals surface area contributed by atoms with Gasteiger partial charge in [0, 0.05) is 37.5 Å². The smallest absolute Gasteiger partial charge is 0.331 e. The Labute approximate surface area is 251 Å². The molecular weight excluding hydrogens is 520 g/mol. The topological polar surface area (TPSA) is 49.9 Å². The highest BCUT2D eigenvalue weighted by atomic mass is 16.5. The third kappa shape index (κ3) is 7.90. The summed E-state index contributed by atoms with van der Waals surface area (Å²) in [6.45, 7) is 0.506. The number of esters is 1. The first kappa shape index (κ1) is 29.6. The van der Waals surface area contributed by atoms with Crippen molar-refractivity contribution in [2.45, 2.75) is 76.9 Å². The van der Waals surface area contributed by atoms with E-state index in [-0.39, 0.29) is 23.9 Å². The standard InChI is InChI=1S/C37H44N2O3/c1-38(2)33-23-21-31(22-24-33)30-19-16-29(17-20-30)27-39(37(41)32-11-5-3-6-12-32)34-13-9-10-28(26-34)18-25-36(40)42-35-14-7-4-8-15-35/h9-10,13,16-26,32,35H,3-8,11-12,14-15,27H2,1-2H3/b25-18+. The molecule has 1 amide bonds. The van der Waals surface area contributed by atoms with Crippen LogP contribution in [0.5, 0.6) is 0 Å². The minimum absolute atomic E-state index is 0.0367. The SMILES string of the molecule is CN(C)c1ccc(-c2ccc(CN(C(=O)C3CCCCC3)c3cccc(/C=C/C(=O)OC4CCCCC4)c3)cc2)cc1. The van der Waals surface area contributed by atoms with Gasteiger partial charge in [0.15, 0.2) is 0 Å². The minimum Gasteiger partial charge on any atom is -0.459 e. The van der Waals surface area contributed by atoms with Gasteiger partial charge in [-0.1, -0.05) is 74.2 Å². The van der Waals surface area contributed by atoms with E-state index in [9.17, 15) is 9.59 Å². The molecule has 3 aromatic carbocycles. The number of hydrogen-bond donors (Lipinski definition) is 0. The predicted molar refractivity (Wildman–Crippen MR) is 172 cm³/mol. The van der Waals surface area contributed by atoms with Crippen molar-refractivity contribution in [2.75, 3.05) is 23.9 Å². The summed E-state index contributed by atoms with van der Waals surface area (Å²) in [6.07, 6.45) is 14.1. The van der Waals surface area contributed by atoms with E-state index in [1.807, 2.05) is 43.3 Å². The molecule has 0 radical (unpaired) electrons. The number of ether oxygens (including phenoxy) is 1. The van der Waals surface area contributed by atoms with Crippen LogP contribution < -0.4 is 9.80 Å². The Bertz CT molecular complexity index is 1350. The Morgan fingerprint density at radius 2 is 1.38 bits per heavy atom. The lowest BCUT2D eigenvalue weighted by Crippen LogP contribution is -2.36. The third-order valence-electron chi connectivity index (χ3n) is 8.66. The number of nitrogens with zero attached hydrogens (tertiary/aromatic N) is 2. The van der Waals surface area contributed by atoms with Crippen molar-refractivity contribution in [3.05, 3.63) is 90.0 Å². The molecule has 2 fully saturated rings. The van der Waals surface area contributed by atoms with E-state index in [0.717, 1.165) is 73.7 Å². The van der Waals surface area contributed by atoms with Gasteiger partial charge in [0.05, 0.1) is 6.54 Å². The minimum atomic E-state index is -0.293. The summed E-state index contributed by atoms with van der Waals surface area (Å²) >= 11 is 0. The zero-order valence-electron chi connectivity index (χ0n) is 25.1. The summed E-state index contributed by atoms with van der Waals surface area (Å²) in [5, 5.41) is 0. The zero-order valence-corrected chi connectivity index (χ0v) is 25.1. The van der Waals surface area contributed by atoms with Gasteiger partial charge in [-0.05, 0) is 91.1 Å². The monoisotopic (exact) mass is 564 g/mol. The van der Waals surface area contributed by atoms with E-state index in [4.69, 9.17) is 4.74 Å². The molecule has 0 spiro atoms. The zero-order chi connectivity index (χ0) is 29.3. The van der Waals surface area contributed by atoms with Crippen LogP contribution in [0.3, 0.4) is 0 Å². The highest BCUT2D eigenvalue weighted by molar-refractivity contribution is 5.95. The van der Waals surface area contributed by atoms with E-state index in [2.05, 4.69) is 53.4 Å². The lowest BCUT2D eigenvalue weighted by atomic mass is 9.88. The van der Waals surface area contributed by atoms with E-state index in [1.54, 1.807) is 6.08 Å². The molecule has 3 aromatic rings. The molecule has 0 bridgehead atoms. The van der Waals surface area contributed by atoms with Gasteiger partial charge in [-0.15, -0.1) is 0 Å². The summed E-state index contributed by atoms with van der Waals surface area (Å²) in [5.74, 6) is -0.0484. The van der Waals surface area contributed by atoms with Crippen LogP contribution in [0.15, 0.2) is 78.9 Å². The molecule has 0 atom stereocenters. The van der Waals surface area contributed by atoms with Crippen LogP contribution in [-0.2, 0) is 20.9 Å². The number of carbonyl (C=O) groups is 2. The largest absolute Gasteiger partial charge is 0.459 e. The molecule has 42 heavy (non-hydrogen) atoms. The van der Waals surface area contributed by atoms with E-state index in [0.29, 0.717) is 6.54 Å². The Balaban J connectivity index is 1.33. The summed E-state index contributed by atoms with van der Waals surface area (Å²) in [4.78, 5) is 30.4. The molecule has 220 valence electrons. The molecule has 0 aromatic heterocycles. The fourth-order valence-electron chi connectivity index (χ4n) is 6.15. The summed E-state index contributed by atoms with van der Waals surface area (Å²) in [5.41, 5.74) is 6.32. The van der Waals surface area contributed by atoms with Crippen LogP contribution in [0.25, 0.3) is 17.2 Å². The highest BCUT2D eigenvalue weighted by Gasteiger charge is 2.27. The van der Waals surface area contributed by atoms with Gasteiger partial charge >= 0.3 is 5.97 Å². The van der Waals surface area contributed by atoms with Gasteiger partial charge in [0.1, 0.15) is 6.10 Å². The maximum atomic E-state index is 13.9. The normalized spacial score (nSPS) is 16.3. The number of rotatable bonds is 9. The van der Waals surface area contributed by atoms with Crippen LogP contribution in [-0.4, -0.2) is 32.1 Å². The molecule has 2 aliphatic rings. The quantitative estimate of drug-likeness (QED) is 0.193. The van der Waals surface area contributed by atoms with Crippen molar-refractivity contribution in [3.8, 4) is 11.1 Å². The Morgan fingerprint density at radius 1 is 0.762 bits per heavy atom. The molecule has 2 aliphatic carbocycles. The molecule has 2 saturated carbocycles. The van der Waals surface area contributed by atoms with Gasteiger partial charge in [-0.2, -0.15) is 0 Å². The second-order valence-corrected chi connectivity index (χ2v) is 12.0. The molecule has 0 saturated heterocycles. The number of carbonyl (C=O) groups excluding carboxylic acids is 2. The first-order valence-corrected chi connectivity index (χ1v) is 15.6. The third-order valence-corrected chi connectivity index (χ3v) is 8.66. The van der Waals surface area contributed by atoms with Gasteiger partial charge < -0.3 is 14.5 Å². The van der Waals surface area contributed by atoms with E-state index in [1.165, 1.54) is 30.2 Å². The van der Waals surface area contributed by atoms with Crippen LogP contribution in [0, 0.1) is 5.92 Å². The molecule has 0 unspecified atom stereocenters. The van der Waals surface area contributed by atoms with Crippen LogP contribution >= 0.6 is 0 Å². The van der Waals surface area contributed by atoms with Crippen molar-refractivity contribution < 1.29 is 14.3 Å². The van der Waals surface area contributed by atoms with Crippen molar-refractivity contribution in [2.24, 2.45) is 5.92 Å². The van der Waals surface area contributed by atoms with Crippen LogP contribution in [0.1, 0.15) is 75.3 Å². The lowest BCUT2D eigenvalue weighted by Gasteiger charge is -2.30. The maximum Gasteiger partial charge on any atom is 0.331 e. The van der Waals surface area contributed by atoms with Crippen LogP contribution in [0.4, 0.5) is 11.4 Å². The van der Waals surface area contributed by atoms with Gasteiger partial charge in [0.2, 0.25) is 5.91 Å². The predicted octanol–water partition coefficient (Wildman–Crippen LogP) is 8.42. The number of anilines is 2. The molecule has 0 N–H and O–H groups in total. The Kier molecular flexibility index (Phi) is 10.1. The average molecular weight is 565 g/mol. The average Bonchev–Trinajstić information content (AvgIpc) is 3.04. The first-order chi connectivity index (χ1) is 20.5. The summed E-state index contributed by atoms with van der Waals surface area (Å²) < 4.78 is 5.65. The number of hydrogen-bond acceptors (Lipinski definition) is 4. The summed E-state index contributed by atoms with van der Waals surface area (Å²) in [6, 6.07) is 25.0. The number of benzene rings is 3. The highest BCUT2D eigenvalue weighted by Crippen LogP contribution is 2.30. The van der Waals surface area contributed by atoms with Crippen molar-refractivity contribution in [3.63, 3.8) is 0 Å². The lowest BCUT2D eigenvalue weighted by molar-refractivity contribution is -0.144. The second-order valence-electron chi connectivity index (χ2n) is 12.0. The fourth-order valence-corrected chi connectivity index (χ4v) is 6.15. The van der Waals surface area contributed by atoms with Gasteiger partial charge in [-0.3, -0.25) is 4.79 Å². The molecule has 5 rings (SSSR count). The van der Waals surface area contributed by atoms with E-state index < -0.39 is 0 Å². The number of amides is 1. The molecule has 5 nitrogen and oxygen atoms in total. The molecule has 0 heterocycles. The fraction of sp³-hybridized carbons (Fsp3) is 0.405. The maximum absolute atomic E-state index is 13.9. The van der Waals surface area contributed by atoms with Crippen LogP contribution in [0.2, 0.25) is 0 Å². The molecule has 5 heteroatoms. The van der Waals surface area contributed by atoms with E-state index >= 15 is 0 Å². The Morgan fingerprint density at radius 3 is 2.02 bits per heavy atom.